The lowest BCUT2D eigenvalue weighted by Gasteiger charge is -2.24. The third-order valence-electron chi connectivity index (χ3n) is 4.01. The topological polar surface area (TPSA) is 50.8 Å². The van der Waals surface area contributed by atoms with Gasteiger partial charge in [-0.05, 0) is 49.9 Å². The van der Waals surface area contributed by atoms with Crippen LogP contribution < -0.4 is 14.8 Å². The zero-order valence-corrected chi connectivity index (χ0v) is 15.6. The van der Waals surface area contributed by atoms with Gasteiger partial charge in [-0.1, -0.05) is 23.7 Å². The standard InChI is InChI=1S/C19H23ClN2O3/c1-13(19(23)21-16-7-5-6-15(20)11-16)22(2)12-14-8-9-17(24-3)18(10-14)25-4/h5-11,13H,12H2,1-4H3,(H,21,23)/t13-/m0/s1. The van der Waals surface area contributed by atoms with Crippen LogP contribution in [0.4, 0.5) is 5.69 Å². The van der Waals surface area contributed by atoms with E-state index in [0.29, 0.717) is 28.8 Å². The third-order valence-corrected chi connectivity index (χ3v) is 4.25. The van der Waals surface area contributed by atoms with Crippen molar-refractivity contribution in [1.82, 2.24) is 4.90 Å². The molecule has 0 aromatic heterocycles. The van der Waals surface area contributed by atoms with Gasteiger partial charge in [0, 0.05) is 17.3 Å². The van der Waals surface area contributed by atoms with Crippen molar-refractivity contribution >= 4 is 23.2 Å². The van der Waals surface area contributed by atoms with Crippen LogP contribution in [0.2, 0.25) is 5.02 Å². The van der Waals surface area contributed by atoms with Crippen molar-refractivity contribution in [3.63, 3.8) is 0 Å². The Balaban J connectivity index is 2.01. The molecule has 5 nitrogen and oxygen atoms in total. The molecule has 2 aromatic carbocycles. The van der Waals surface area contributed by atoms with E-state index in [2.05, 4.69) is 5.32 Å². The number of amides is 1. The van der Waals surface area contributed by atoms with E-state index in [0.717, 1.165) is 5.56 Å². The molecule has 0 saturated heterocycles. The second-order valence-electron chi connectivity index (χ2n) is 5.78. The summed E-state index contributed by atoms with van der Waals surface area (Å²) < 4.78 is 10.6. The van der Waals surface area contributed by atoms with Gasteiger partial charge >= 0.3 is 0 Å². The van der Waals surface area contributed by atoms with E-state index >= 15 is 0 Å². The fourth-order valence-corrected chi connectivity index (χ4v) is 2.61. The van der Waals surface area contributed by atoms with E-state index in [9.17, 15) is 4.79 Å². The molecule has 0 unspecified atom stereocenters. The first-order valence-electron chi connectivity index (χ1n) is 7.92. The highest BCUT2D eigenvalue weighted by Crippen LogP contribution is 2.28. The van der Waals surface area contributed by atoms with Crippen LogP contribution in [-0.2, 0) is 11.3 Å². The fourth-order valence-electron chi connectivity index (χ4n) is 2.42. The van der Waals surface area contributed by atoms with Gasteiger partial charge in [-0.25, -0.2) is 0 Å². The molecule has 0 aliphatic heterocycles. The van der Waals surface area contributed by atoms with Gasteiger partial charge in [0.25, 0.3) is 0 Å². The number of hydrogen-bond acceptors (Lipinski definition) is 4. The Morgan fingerprint density at radius 3 is 2.52 bits per heavy atom. The number of ether oxygens (including phenoxy) is 2. The predicted molar refractivity (Wildman–Crippen MR) is 101 cm³/mol. The number of rotatable bonds is 7. The van der Waals surface area contributed by atoms with E-state index in [1.165, 1.54) is 0 Å². The van der Waals surface area contributed by atoms with Crippen molar-refractivity contribution in [3.05, 3.63) is 53.1 Å². The molecule has 134 valence electrons. The van der Waals surface area contributed by atoms with Crippen LogP contribution >= 0.6 is 11.6 Å². The number of carbonyl (C=O) groups is 1. The predicted octanol–water partition coefficient (Wildman–Crippen LogP) is 3.82. The van der Waals surface area contributed by atoms with Crippen LogP contribution in [-0.4, -0.2) is 38.1 Å². The Kier molecular flexibility index (Phi) is 6.67. The van der Waals surface area contributed by atoms with Gasteiger partial charge in [-0.15, -0.1) is 0 Å². The first-order valence-corrected chi connectivity index (χ1v) is 8.30. The second-order valence-corrected chi connectivity index (χ2v) is 6.22. The average Bonchev–Trinajstić information content (AvgIpc) is 2.60. The van der Waals surface area contributed by atoms with Crippen LogP contribution in [0.5, 0.6) is 11.5 Å². The lowest BCUT2D eigenvalue weighted by Crippen LogP contribution is -2.39. The van der Waals surface area contributed by atoms with Gasteiger partial charge in [0.05, 0.1) is 20.3 Å². The molecule has 0 spiro atoms. The van der Waals surface area contributed by atoms with Gasteiger partial charge < -0.3 is 14.8 Å². The summed E-state index contributed by atoms with van der Waals surface area (Å²) in [6.45, 7) is 2.46. The number of likely N-dealkylation sites (N-methyl/N-ethyl adjacent to an activating group) is 1. The van der Waals surface area contributed by atoms with Gasteiger partial charge in [-0.2, -0.15) is 0 Å². The summed E-state index contributed by atoms with van der Waals surface area (Å²) in [5.74, 6) is 1.26. The molecule has 25 heavy (non-hydrogen) atoms. The van der Waals surface area contributed by atoms with Gasteiger partial charge in [0.15, 0.2) is 11.5 Å². The molecule has 1 atom stereocenters. The molecular formula is C19H23ClN2O3. The van der Waals surface area contributed by atoms with Crippen molar-refractivity contribution in [2.45, 2.75) is 19.5 Å². The lowest BCUT2D eigenvalue weighted by molar-refractivity contribution is -0.120. The maximum atomic E-state index is 12.4. The normalized spacial score (nSPS) is 11.9. The van der Waals surface area contributed by atoms with E-state index in [1.54, 1.807) is 32.4 Å². The molecule has 0 saturated carbocycles. The molecule has 0 bridgehead atoms. The molecule has 2 rings (SSSR count). The highest BCUT2D eigenvalue weighted by Gasteiger charge is 2.19. The quantitative estimate of drug-likeness (QED) is 0.813. The molecule has 0 fully saturated rings. The largest absolute Gasteiger partial charge is 0.493 e. The van der Waals surface area contributed by atoms with Gasteiger partial charge in [0.1, 0.15) is 0 Å². The molecule has 0 aliphatic carbocycles. The molecule has 1 N–H and O–H groups in total. The monoisotopic (exact) mass is 362 g/mol. The molecule has 1 amide bonds. The summed E-state index contributed by atoms with van der Waals surface area (Å²) in [6.07, 6.45) is 0. The molecular weight excluding hydrogens is 340 g/mol. The summed E-state index contributed by atoms with van der Waals surface area (Å²) in [5, 5.41) is 3.47. The first-order chi connectivity index (χ1) is 11.9. The minimum absolute atomic E-state index is 0.0924. The molecule has 2 aromatic rings. The lowest BCUT2D eigenvalue weighted by atomic mass is 10.1. The van der Waals surface area contributed by atoms with Crippen LogP contribution in [0.25, 0.3) is 0 Å². The maximum Gasteiger partial charge on any atom is 0.241 e. The number of nitrogens with one attached hydrogen (secondary N) is 1. The van der Waals surface area contributed by atoms with Crippen molar-refractivity contribution in [3.8, 4) is 11.5 Å². The number of benzene rings is 2. The van der Waals surface area contributed by atoms with E-state index in [4.69, 9.17) is 21.1 Å². The number of methoxy groups -OCH3 is 2. The Morgan fingerprint density at radius 2 is 1.88 bits per heavy atom. The molecule has 0 aliphatic rings. The second kappa shape index (κ2) is 8.74. The minimum atomic E-state index is -0.313. The zero-order chi connectivity index (χ0) is 18.4. The van der Waals surface area contributed by atoms with E-state index in [1.807, 2.05) is 43.1 Å². The minimum Gasteiger partial charge on any atom is -0.493 e. The summed E-state index contributed by atoms with van der Waals surface area (Å²) in [7, 11) is 5.11. The van der Waals surface area contributed by atoms with Crippen LogP contribution in [0.1, 0.15) is 12.5 Å². The van der Waals surface area contributed by atoms with Gasteiger partial charge in [0.2, 0.25) is 5.91 Å². The van der Waals surface area contributed by atoms with Crippen LogP contribution in [0, 0.1) is 0 Å². The SMILES string of the molecule is COc1ccc(CN(C)[C@@H](C)C(=O)Nc2cccc(Cl)c2)cc1OC. The van der Waals surface area contributed by atoms with Crippen molar-refractivity contribution in [2.24, 2.45) is 0 Å². The van der Waals surface area contributed by atoms with E-state index in [-0.39, 0.29) is 11.9 Å². The maximum absolute atomic E-state index is 12.4. The number of anilines is 1. The van der Waals surface area contributed by atoms with Crippen LogP contribution in [0.15, 0.2) is 42.5 Å². The Labute approximate surface area is 153 Å². The highest BCUT2D eigenvalue weighted by molar-refractivity contribution is 6.30. The Hall–Kier alpha value is -2.24. The van der Waals surface area contributed by atoms with Crippen LogP contribution in [0.3, 0.4) is 0 Å². The first kappa shape index (κ1) is 19.1. The summed E-state index contributed by atoms with van der Waals surface area (Å²) in [6, 6.07) is 12.5. The number of nitrogens with zero attached hydrogens (tertiary/aromatic N) is 1. The molecule has 6 heteroatoms. The molecule has 0 radical (unpaired) electrons. The van der Waals surface area contributed by atoms with E-state index < -0.39 is 0 Å². The smallest absolute Gasteiger partial charge is 0.241 e. The molecule has 0 heterocycles. The average molecular weight is 363 g/mol. The fraction of sp³-hybridized carbons (Fsp3) is 0.316. The highest BCUT2D eigenvalue weighted by atomic mass is 35.5. The number of carbonyl (C=O) groups excluding carboxylic acids is 1. The number of hydrogen-bond donors (Lipinski definition) is 1. The Bertz CT molecular complexity index is 736. The van der Waals surface area contributed by atoms with Gasteiger partial charge in [-0.3, -0.25) is 9.69 Å². The van der Waals surface area contributed by atoms with Crippen molar-refractivity contribution in [1.29, 1.82) is 0 Å². The van der Waals surface area contributed by atoms with Crippen molar-refractivity contribution < 1.29 is 14.3 Å². The Morgan fingerprint density at radius 1 is 1.16 bits per heavy atom. The summed E-state index contributed by atoms with van der Waals surface area (Å²) in [5.41, 5.74) is 1.71. The van der Waals surface area contributed by atoms with Crippen molar-refractivity contribution in [2.75, 3.05) is 26.6 Å². The number of halogens is 1. The summed E-state index contributed by atoms with van der Waals surface area (Å²) >= 11 is 5.95. The summed E-state index contributed by atoms with van der Waals surface area (Å²) in [4.78, 5) is 14.4. The third kappa shape index (κ3) is 5.11. The zero-order valence-electron chi connectivity index (χ0n) is 14.9.